The molecule has 2 nitrogen and oxygen atoms in total. The molecule has 0 aliphatic heterocycles. The molecule has 2 aromatic carbocycles. The molecule has 0 unspecified atom stereocenters. The number of thiol groups is 1. The van der Waals surface area contributed by atoms with E-state index in [1.165, 1.54) is 0 Å². The molecule has 0 amide bonds. The normalized spacial score (nSPS) is 10.3. The third-order valence-electron chi connectivity index (χ3n) is 1.95. The second kappa shape index (κ2) is 3.28. The summed E-state index contributed by atoms with van der Waals surface area (Å²) in [4.78, 5) is 0.919. The third kappa shape index (κ3) is 1.61. The molecular weight excluding hydrogens is 182 g/mol. The largest absolute Gasteiger partial charge is 0.291 e. The van der Waals surface area contributed by atoms with Crippen molar-refractivity contribution in [3.05, 3.63) is 36.4 Å². The fourth-order valence-electron chi connectivity index (χ4n) is 1.30. The zero-order valence-corrected chi connectivity index (χ0v) is 7.75. The number of rotatable bonds is 1. The Morgan fingerprint density at radius 1 is 1.00 bits per heavy atom. The molecule has 2 rings (SSSR count). The molecule has 0 atom stereocenters. The molecule has 0 aliphatic carbocycles. The van der Waals surface area contributed by atoms with Gasteiger partial charge in [0.25, 0.3) is 0 Å². The van der Waals surface area contributed by atoms with Crippen molar-refractivity contribution in [1.82, 2.24) is 0 Å². The van der Waals surface area contributed by atoms with E-state index in [-0.39, 0.29) is 0 Å². The van der Waals surface area contributed by atoms with Crippen LogP contribution in [-0.4, -0.2) is 5.21 Å². The summed E-state index contributed by atoms with van der Waals surface area (Å²) in [7, 11) is 0. The first-order valence-corrected chi connectivity index (χ1v) is 4.37. The minimum Gasteiger partial charge on any atom is -0.291 e. The molecule has 2 aromatic rings. The molecule has 0 saturated carbocycles. The summed E-state index contributed by atoms with van der Waals surface area (Å²) in [6.07, 6.45) is 0. The highest BCUT2D eigenvalue weighted by Gasteiger charge is 1.95. The van der Waals surface area contributed by atoms with Gasteiger partial charge in [0.2, 0.25) is 0 Å². The maximum Gasteiger partial charge on any atom is 0.0608 e. The van der Waals surface area contributed by atoms with Crippen LogP contribution in [0.1, 0.15) is 0 Å². The van der Waals surface area contributed by atoms with E-state index in [4.69, 9.17) is 5.21 Å². The number of hydrogen-bond acceptors (Lipinski definition) is 3. The first-order valence-electron chi connectivity index (χ1n) is 3.92. The van der Waals surface area contributed by atoms with Crippen molar-refractivity contribution < 1.29 is 5.21 Å². The summed E-state index contributed by atoms with van der Waals surface area (Å²) in [6, 6.07) is 11.5. The lowest BCUT2D eigenvalue weighted by Crippen LogP contribution is -1.87. The standard InChI is InChI=1S/C10H9NOS/c12-11-9-3-1-7-2-4-10(13)6-8(7)5-9/h1-6,11-13H. The van der Waals surface area contributed by atoms with Crippen LogP contribution >= 0.6 is 12.6 Å². The van der Waals surface area contributed by atoms with Gasteiger partial charge in [-0.15, -0.1) is 12.6 Å². The predicted octanol–water partition coefficient (Wildman–Crippen LogP) is 2.93. The maximum absolute atomic E-state index is 8.70. The molecule has 2 N–H and O–H groups in total. The van der Waals surface area contributed by atoms with Gasteiger partial charge in [0, 0.05) is 4.90 Å². The minimum atomic E-state index is 0.687. The van der Waals surface area contributed by atoms with E-state index in [1.54, 1.807) is 0 Å². The van der Waals surface area contributed by atoms with Crippen molar-refractivity contribution in [3.63, 3.8) is 0 Å². The number of fused-ring (bicyclic) bond motifs is 1. The Balaban J connectivity index is 2.68. The first kappa shape index (κ1) is 8.41. The smallest absolute Gasteiger partial charge is 0.0608 e. The zero-order valence-electron chi connectivity index (χ0n) is 6.86. The highest BCUT2D eigenvalue weighted by molar-refractivity contribution is 7.80. The van der Waals surface area contributed by atoms with Gasteiger partial charge in [-0.3, -0.25) is 10.7 Å². The lowest BCUT2D eigenvalue weighted by Gasteiger charge is -2.02. The van der Waals surface area contributed by atoms with Crippen molar-refractivity contribution in [2.45, 2.75) is 4.90 Å². The second-order valence-electron chi connectivity index (χ2n) is 2.86. The molecule has 0 bridgehead atoms. The van der Waals surface area contributed by atoms with E-state index in [0.717, 1.165) is 15.7 Å². The van der Waals surface area contributed by atoms with Gasteiger partial charge in [0.15, 0.2) is 0 Å². The number of nitrogens with one attached hydrogen (secondary N) is 1. The Hall–Kier alpha value is -1.19. The number of benzene rings is 2. The summed E-state index contributed by atoms with van der Waals surface area (Å²) < 4.78 is 0. The van der Waals surface area contributed by atoms with Crippen LogP contribution in [0.25, 0.3) is 10.8 Å². The van der Waals surface area contributed by atoms with Gasteiger partial charge in [-0.25, -0.2) is 0 Å². The molecule has 3 heteroatoms. The average molecular weight is 191 g/mol. The van der Waals surface area contributed by atoms with E-state index in [0.29, 0.717) is 5.69 Å². The number of anilines is 1. The van der Waals surface area contributed by atoms with Crippen molar-refractivity contribution in [2.24, 2.45) is 0 Å². The van der Waals surface area contributed by atoms with Gasteiger partial charge in [0.05, 0.1) is 5.69 Å². The van der Waals surface area contributed by atoms with Crippen molar-refractivity contribution in [3.8, 4) is 0 Å². The minimum absolute atomic E-state index is 0.687. The Morgan fingerprint density at radius 3 is 2.54 bits per heavy atom. The van der Waals surface area contributed by atoms with Crippen LogP contribution in [0, 0.1) is 0 Å². The summed E-state index contributed by atoms with van der Waals surface area (Å²) in [6.45, 7) is 0. The lowest BCUT2D eigenvalue weighted by atomic mass is 10.1. The van der Waals surface area contributed by atoms with Crippen molar-refractivity contribution >= 4 is 29.1 Å². The summed E-state index contributed by atoms with van der Waals surface area (Å²) in [5.41, 5.74) is 2.80. The Labute approximate surface area is 81.6 Å². The maximum atomic E-state index is 8.70. The summed E-state index contributed by atoms with van der Waals surface area (Å²) in [5.74, 6) is 0. The van der Waals surface area contributed by atoms with Crippen molar-refractivity contribution in [2.75, 3.05) is 5.48 Å². The van der Waals surface area contributed by atoms with Crippen LogP contribution in [0.2, 0.25) is 0 Å². The Kier molecular flexibility index (Phi) is 2.12. The lowest BCUT2D eigenvalue weighted by molar-refractivity contribution is 0.389. The van der Waals surface area contributed by atoms with Gasteiger partial charge >= 0.3 is 0 Å². The number of hydrogen-bond donors (Lipinski definition) is 3. The van der Waals surface area contributed by atoms with Gasteiger partial charge in [-0.1, -0.05) is 12.1 Å². The quantitative estimate of drug-likeness (QED) is 0.478. The zero-order chi connectivity index (χ0) is 9.26. The molecule has 0 heterocycles. The van der Waals surface area contributed by atoms with Crippen LogP contribution in [0.3, 0.4) is 0 Å². The van der Waals surface area contributed by atoms with Crippen LogP contribution in [0.5, 0.6) is 0 Å². The van der Waals surface area contributed by atoms with Crippen LogP contribution in [0.15, 0.2) is 41.3 Å². The molecule has 0 fully saturated rings. The fraction of sp³-hybridized carbons (Fsp3) is 0. The topological polar surface area (TPSA) is 32.3 Å². The second-order valence-corrected chi connectivity index (χ2v) is 3.37. The molecule has 0 aromatic heterocycles. The molecule has 0 radical (unpaired) electrons. The molecule has 0 spiro atoms. The van der Waals surface area contributed by atoms with Crippen LogP contribution in [0.4, 0.5) is 5.69 Å². The van der Waals surface area contributed by atoms with E-state index >= 15 is 0 Å². The molecule has 0 aliphatic rings. The van der Waals surface area contributed by atoms with Gasteiger partial charge in [0.1, 0.15) is 0 Å². The van der Waals surface area contributed by atoms with Crippen LogP contribution < -0.4 is 5.48 Å². The van der Waals surface area contributed by atoms with E-state index in [2.05, 4.69) is 18.1 Å². The Morgan fingerprint density at radius 2 is 1.77 bits per heavy atom. The van der Waals surface area contributed by atoms with Gasteiger partial charge in [-0.2, -0.15) is 0 Å². The molecule has 66 valence electrons. The van der Waals surface area contributed by atoms with Gasteiger partial charge < -0.3 is 0 Å². The van der Waals surface area contributed by atoms with E-state index < -0.39 is 0 Å². The summed E-state index contributed by atoms with van der Waals surface area (Å²) >= 11 is 4.24. The van der Waals surface area contributed by atoms with Gasteiger partial charge in [-0.05, 0) is 35.0 Å². The SMILES string of the molecule is ONc1ccc2ccc(S)cc2c1. The molecular formula is C10H9NOS. The monoisotopic (exact) mass is 191 g/mol. The highest BCUT2D eigenvalue weighted by Crippen LogP contribution is 2.21. The first-order chi connectivity index (χ1) is 6.29. The summed E-state index contributed by atoms with van der Waals surface area (Å²) in [5, 5.41) is 10.9. The van der Waals surface area contributed by atoms with E-state index in [1.807, 2.05) is 36.4 Å². The Bertz CT molecular complexity index is 442. The predicted molar refractivity (Wildman–Crippen MR) is 56.6 cm³/mol. The van der Waals surface area contributed by atoms with E-state index in [9.17, 15) is 0 Å². The average Bonchev–Trinajstić information content (AvgIpc) is 2.16. The fourth-order valence-corrected chi connectivity index (χ4v) is 1.52. The molecule has 0 saturated heterocycles. The molecule has 13 heavy (non-hydrogen) atoms. The van der Waals surface area contributed by atoms with Crippen LogP contribution in [-0.2, 0) is 0 Å². The highest BCUT2D eigenvalue weighted by atomic mass is 32.1. The third-order valence-corrected chi connectivity index (χ3v) is 2.23. The van der Waals surface area contributed by atoms with Crippen molar-refractivity contribution in [1.29, 1.82) is 0 Å².